The first kappa shape index (κ1) is 20.6. The average Bonchev–Trinajstić information content (AvgIpc) is 3.63. The molecule has 2 aliphatic carbocycles. The van der Waals surface area contributed by atoms with E-state index in [4.69, 9.17) is 0 Å². The highest BCUT2D eigenvalue weighted by atomic mass is 16.3. The minimum Gasteiger partial charge on any atom is -0.508 e. The number of aliphatic hydroxyl groups is 1. The highest BCUT2D eigenvalue weighted by Crippen LogP contribution is 2.56. The summed E-state index contributed by atoms with van der Waals surface area (Å²) in [6, 6.07) is 10.3. The number of phenols is 1. The lowest BCUT2D eigenvalue weighted by Gasteiger charge is -2.61. The fourth-order valence-electron chi connectivity index (χ4n) is 6.97. The Hall–Kier alpha value is -1.95. The minimum atomic E-state index is -0.730. The zero-order valence-electron chi connectivity index (χ0n) is 18.9. The number of rotatable bonds is 5. The fraction of sp³-hybridized carbons (Fsp3) is 0.593. The van der Waals surface area contributed by atoms with Crippen molar-refractivity contribution in [3.63, 3.8) is 0 Å². The molecular formula is C27H35N3O2. The van der Waals surface area contributed by atoms with Crippen LogP contribution in [0.2, 0.25) is 0 Å². The zero-order valence-corrected chi connectivity index (χ0v) is 18.9. The van der Waals surface area contributed by atoms with Crippen LogP contribution in [0.25, 0.3) is 0 Å². The maximum absolute atomic E-state index is 12.5. The van der Waals surface area contributed by atoms with Gasteiger partial charge in [-0.05, 0) is 105 Å². The molecule has 170 valence electrons. The molecule has 2 aliphatic heterocycles. The summed E-state index contributed by atoms with van der Waals surface area (Å²) < 4.78 is 0. The summed E-state index contributed by atoms with van der Waals surface area (Å²) in [5.41, 5.74) is 2.90. The van der Waals surface area contributed by atoms with Crippen LogP contribution in [-0.2, 0) is 18.3 Å². The molecular weight excluding hydrogens is 398 g/mol. The highest BCUT2D eigenvalue weighted by molar-refractivity contribution is 5.48. The quantitative estimate of drug-likeness (QED) is 0.759. The molecule has 2 saturated heterocycles. The predicted molar refractivity (Wildman–Crippen MR) is 125 cm³/mol. The number of fused-ring (bicyclic) bond motifs is 1. The van der Waals surface area contributed by atoms with Crippen molar-refractivity contribution in [3.05, 3.63) is 59.4 Å². The van der Waals surface area contributed by atoms with Gasteiger partial charge in [-0.25, -0.2) is 0 Å². The van der Waals surface area contributed by atoms with Crippen LogP contribution in [0, 0.1) is 5.92 Å². The predicted octanol–water partition coefficient (Wildman–Crippen LogP) is 3.14. The van der Waals surface area contributed by atoms with Gasteiger partial charge in [0.15, 0.2) is 0 Å². The number of pyridine rings is 1. The van der Waals surface area contributed by atoms with Crippen LogP contribution in [-0.4, -0.2) is 69.4 Å². The second-order valence-corrected chi connectivity index (χ2v) is 10.7. The van der Waals surface area contributed by atoms with E-state index in [9.17, 15) is 10.2 Å². The third kappa shape index (κ3) is 3.37. The van der Waals surface area contributed by atoms with Gasteiger partial charge in [-0.2, -0.15) is 0 Å². The van der Waals surface area contributed by atoms with Gasteiger partial charge in [0.1, 0.15) is 5.75 Å². The Balaban J connectivity index is 1.31. The van der Waals surface area contributed by atoms with Gasteiger partial charge in [0.2, 0.25) is 0 Å². The van der Waals surface area contributed by atoms with Crippen molar-refractivity contribution in [3.8, 4) is 5.75 Å². The van der Waals surface area contributed by atoms with Crippen LogP contribution in [0.1, 0.15) is 48.8 Å². The van der Waals surface area contributed by atoms with E-state index in [0.717, 1.165) is 70.7 Å². The number of piperidine rings is 1. The third-order valence-electron chi connectivity index (χ3n) is 8.99. The Bertz CT molecular complexity index is 978. The van der Waals surface area contributed by atoms with Crippen molar-refractivity contribution in [2.45, 2.75) is 62.0 Å². The molecule has 2 bridgehead atoms. The first-order chi connectivity index (χ1) is 15.6. The van der Waals surface area contributed by atoms with Crippen molar-refractivity contribution < 1.29 is 10.2 Å². The van der Waals surface area contributed by atoms with Crippen LogP contribution < -0.4 is 0 Å². The number of hydrogen-bond acceptors (Lipinski definition) is 5. The summed E-state index contributed by atoms with van der Waals surface area (Å²) in [5, 5.41) is 22.9. The van der Waals surface area contributed by atoms with Crippen molar-refractivity contribution >= 4 is 0 Å². The number of hydrogen-bond donors (Lipinski definition) is 2. The van der Waals surface area contributed by atoms with E-state index < -0.39 is 5.60 Å². The molecule has 1 saturated carbocycles. The van der Waals surface area contributed by atoms with Gasteiger partial charge in [0.25, 0.3) is 0 Å². The number of aromatic hydroxyl groups is 1. The second-order valence-electron chi connectivity index (χ2n) is 10.7. The molecule has 6 rings (SSSR count). The topological polar surface area (TPSA) is 59.8 Å². The van der Waals surface area contributed by atoms with Crippen molar-refractivity contribution in [1.29, 1.82) is 0 Å². The second kappa shape index (κ2) is 7.82. The summed E-state index contributed by atoms with van der Waals surface area (Å²) in [4.78, 5) is 9.31. The fourth-order valence-corrected chi connectivity index (χ4v) is 6.97. The Kier molecular flexibility index (Phi) is 5.05. The summed E-state index contributed by atoms with van der Waals surface area (Å²) in [6.07, 6.45) is 11.1. The largest absolute Gasteiger partial charge is 0.508 e. The number of nitrogens with zero attached hydrogens (tertiary/aromatic N) is 3. The SMILES string of the molecule is Oc1ccc2c(c1)[C@@]13CCN(CCc4ccncc4)CC[C@@]1(O)C(C2)N(CC1CC1)CC3. The van der Waals surface area contributed by atoms with Crippen LogP contribution >= 0.6 is 0 Å². The number of phenolic OH excluding ortho intramolecular Hbond substituents is 1. The molecule has 1 aromatic carbocycles. The van der Waals surface area contributed by atoms with Crippen molar-refractivity contribution in [1.82, 2.24) is 14.8 Å². The molecule has 2 aromatic rings. The number of benzene rings is 1. The van der Waals surface area contributed by atoms with E-state index in [0.29, 0.717) is 5.75 Å². The summed E-state index contributed by atoms with van der Waals surface area (Å²) in [6.45, 7) is 5.15. The van der Waals surface area contributed by atoms with Gasteiger partial charge in [0.05, 0.1) is 5.60 Å². The summed E-state index contributed by atoms with van der Waals surface area (Å²) in [7, 11) is 0. The van der Waals surface area contributed by atoms with Crippen LogP contribution in [0.5, 0.6) is 5.75 Å². The molecule has 4 aliphatic rings. The van der Waals surface area contributed by atoms with E-state index in [1.54, 1.807) is 0 Å². The maximum Gasteiger partial charge on any atom is 0.115 e. The highest BCUT2D eigenvalue weighted by Gasteiger charge is 2.63. The monoisotopic (exact) mass is 433 g/mol. The zero-order chi connectivity index (χ0) is 21.8. The van der Waals surface area contributed by atoms with Gasteiger partial charge >= 0.3 is 0 Å². The van der Waals surface area contributed by atoms with Crippen molar-refractivity contribution in [2.24, 2.45) is 5.92 Å². The summed E-state index contributed by atoms with van der Waals surface area (Å²) in [5.74, 6) is 1.16. The maximum atomic E-state index is 12.5. The van der Waals surface area contributed by atoms with Crippen molar-refractivity contribution in [2.75, 3.05) is 32.7 Å². The van der Waals surface area contributed by atoms with Crippen LogP contribution in [0.15, 0.2) is 42.7 Å². The van der Waals surface area contributed by atoms with E-state index in [1.807, 2.05) is 24.5 Å². The average molecular weight is 434 g/mol. The molecule has 3 atom stereocenters. The molecule has 3 fully saturated rings. The standard InChI is InChI=1S/C27H35N3O2/c31-23-4-3-22-17-25-27(32)10-15-29(13-7-20-5-11-28-12-6-20)14-8-26(27,24(22)18-23)9-16-30(25)19-21-1-2-21/h3-6,11-12,18,21,25,31-32H,1-2,7-10,13-17,19H2/t25?,26-,27+/m0/s1. The first-order valence-corrected chi connectivity index (χ1v) is 12.5. The minimum absolute atomic E-state index is 0.189. The van der Waals surface area contributed by atoms with Crippen LogP contribution in [0.3, 0.4) is 0 Å². The van der Waals surface area contributed by atoms with Crippen LogP contribution in [0.4, 0.5) is 0 Å². The molecule has 0 radical (unpaired) electrons. The first-order valence-electron chi connectivity index (χ1n) is 12.5. The Morgan fingerprint density at radius 2 is 1.78 bits per heavy atom. The number of aromatic nitrogens is 1. The Labute approximate surface area is 191 Å². The molecule has 1 unspecified atom stereocenters. The molecule has 1 aromatic heterocycles. The molecule has 3 heterocycles. The Morgan fingerprint density at radius 3 is 2.59 bits per heavy atom. The molecule has 5 nitrogen and oxygen atoms in total. The molecule has 5 heteroatoms. The lowest BCUT2D eigenvalue weighted by molar-refractivity contribution is -0.149. The lowest BCUT2D eigenvalue weighted by atomic mass is 9.52. The molecule has 0 spiro atoms. The third-order valence-corrected chi connectivity index (χ3v) is 8.99. The molecule has 0 amide bonds. The van der Waals surface area contributed by atoms with E-state index in [1.165, 1.54) is 29.5 Å². The van der Waals surface area contributed by atoms with Gasteiger partial charge < -0.3 is 15.1 Å². The van der Waals surface area contributed by atoms with E-state index in [2.05, 4.69) is 33.0 Å². The van der Waals surface area contributed by atoms with Gasteiger partial charge in [-0.1, -0.05) is 6.07 Å². The van der Waals surface area contributed by atoms with Gasteiger partial charge in [-0.3, -0.25) is 9.88 Å². The number of likely N-dealkylation sites (tertiary alicyclic amines) is 2. The summed E-state index contributed by atoms with van der Waals surface area (Å²) >= 11 is 0. The molecule has 32 heavy (non-hydrogen) atoms. The van der Waals surface area contributed by atoms with Gasteiger partial charge in [0, 0.05) is 43.5 Å². The lowest BCUT2D eigenvalue weighted by Crippen LogP contribution is -2.71. The van der Waals surface area contributed by atoms with E-state index in [-0.39, 0.29) is 11.5 Å². The smallest absolute Gasteiger partial charge is 0.115 e. The van der Waals surface area contributed by atoms with E-state index >= 15 is 0 Å². The molecule has 2 N–H and O–H groups in total. The van der Waals surface area contributed by atoms with Gasteiger partial charge in [-0.15, -0.1) is 0 Å². The normalized spacial score (nSPS) is 32.7. The Morgan fingerprint density at radius 1 is 1.00 bits per heavy atom.